The third kappa shape index (κ3) is 4.78. The first-order valence-electron chi connectivity index (χ1n) is 8.22. The van der Waals surface area contributed by atoms with Crippen LogP contribution in [0.2, 0.25) is 0 Å². The van der Waals surface area contributed by atoms with Crippen LogP contribution in [0.5, 0.6) is 0 Å². The molecule has 0 bridgehead atoms. The van der Waals surface area contributed by atoms with E-state index in [1.54, 1.807) is 24.1 Å². The molecule has 2 rings (SSSR count). The number of aromatic nitrogens is 2. The van der Waals surface area contributed by atoms with Crippen molar-refractivity contribution in [2.75, 3.05) is 13.3 Å². The van der Waals surface area contributed by atoms with Crippen LogP contribution in [0, 0.1) is 19.7 Å². The molecule has 134 valence electrons. The van der Waals surface area contributed by atoms with Gasteiger partial charge in [0.05, 0.1) is 6.04 Å². The summed E-state index contributed by atoms with van der Waals surface area (Å²) in [5, 5.41) is 0.757. The van der Waals surface area contributed by atoms with Gasteiger partial charge < -0.3 is 4.90 Å². The summed E-state index contributed by atoms with van der Waals surface area (Å²) in [6.07, 6.45) is 2.96. The Balaban J connectivity index is 2.03. The van der Waals surface area contributed by atoms with E-state index < -0.39 is 0 Å². The van der Waals surface area contributed by atoms with Crippen LogP contribution >= 0.6 is 11.8 Å². The molecule has 4 nitrogen and oxygen atoms in total. The molecule has 1 amide bonds. The molecule has 0 aliphatic carbocycles. The third-order valence-electron chi connectivity index (χ3n) is 4.50. The standard InChI is InChI=1S/C19H24FN3OS/c1-12-17(13(2)22-19(21-12)25-5)10-11-18(24)23(4)14(3)15-6-8-16(20)9-7-15/h6-9,14H,10-11H2,1-5H3. The van der Waals surface area contributed by atoms with Gasteiger partial charge in [-0.3, -0.25) is 4.79 Å². The van der Waals surface area contributed by atoms with E-state index in [0.29, 0.717) is 12.8 Å². The fourth-order valence-corrected chi connectivity index (χ4v) is 3.21. The fourth-order valence-electron chi connectivity index (χ4n) is 2.75. The monoisotopic (exact) mass is 361 g/mol. The molecule has 1 aromatic heterocycles. The summed E-state index contributed by atoms with van der Waals surface area (Å²) in [7, 11) is 1.78. The lowest BCUT2D eigenvalue weighted by molar-refractivity contribution is -0.131. The summed E-state index contributed by atoms with van der Waals surface area (Å²) in [6.45, 7) is 5.86. The van der Waals surface area contributed by atoms with E-state index >= 15 is 0 Å². The molecule has 0 radical (unpaired) electrons. The van der Waals surface area contributed by atoms with Crippen LogP contribution < -0.4 is 0 Å². The van der Waals surface area contributed by atoms with Gasteiger partial charge in [-0.25, -0.2) is 14.4 Å². The minimum Gasteiger partial charge on any atom is -0.339 e. The van der Waals surface area contributed by atoms with Crippen LogP contribution in [0.3, 0.4) is 0 Å². The molecule has 0 spiro atoms. The topological polar surface area (TPSA) is 46.1 Å². The van der Waals surface area contributed by atoms with Crippen molar-refractivity contribution in [1.29, 1.82) is 0 Å². The molecule has 6 heteroatoms. The van der Waals surface area contributed by atoms with Crippen molar-refractivity contribution in [3.8, 4) is 0 Å². The molecule has 1 heterocycles. The van der Waals surface area contributed by atoms with Gasteiger partial charge in [-0.15, -0.1) is 0 Å². The first kappa shape index (κ1) is 19.4. The first-order valence-corrected chi connectivity index (χ1v) is 9.45. The van der Waals surface area contributed by atoms with Crippen LogP contribution in [-0.2, 0) is 11.2 Å². The molecular formula is C19H24FN3OS. The predicted molar refractivity (Wildman–Crippen MR) is 99.2 cm³/mol. The van der Waals surface area contributed by atoms with E-state index in [0.717, 1.165) is 27.7 Å². The predicted octanol–water partition coefficient (Wildman–Crippen LogP) is 4.11. The number of benzene rings is 1. The number of hydrogen-bond acceptors (Lipinski definition) is 4. The van der Waals surface area contributed by atoms with Crippen molar-refractivity contribution in [3.63, 3.8) is 0 Å². The number of rotatable bonds is 6. The average Bonchev–Trinajstić information content (AvgIpc) is 2.59. The SMILES string of the molecule is CSc1nc(C)c(CCC(=O)N(C)C(C)c2ccc(F)cc2)c(C)n1. The molecule has 0 fully saturated rings. The number of aryl methyl sites for hydroxylation is 2. The molecule has 1 unspecified atom stereocenters. The van der Waals surface area contributed by atoms with Gasteiger partial charge in [0.2, 0.25) is 5.91 Å². The third-order valence-corrected chi connectivity index (χ3v) is 5.05. The summed E-state index contributed by atoms with van der Waals surface area (Å²) in [5.41, 5.74) is 3.81. The Morgan fingerprint density at radius 1 is 1.20 bits per heavy atom. The van der Waals surface area contributed by atoms with E-state index in [1.807, 2.05) is 27.0 Å². The summed E-state index contributed by atoms with van der Waals surface area (Å²) < 4.78 is 13.1. The highest BCUT2D eigenvalue weighted by atomic mass is 32.2. The lowest BCUT2D eigenvalue weighted by Gasteiger charge is -2.25. The fraction of sp³-hybridized carbons (Fsp3) is 0.421. The molecule has 0 saturated heterocycles. The van der Waals surface area contributed by atoms with Crippen LogP contribution in [0.1, 0.15) is 41.9 Å². The van der Waals surface area contributed by atoms with Gasteiger partial charge in [-0.1, -0.05) is 23.9 Å². The van der Waals surface area contributed by atoms with Crippen molar-refractivity contribution >= 4 is 17.7 Å². The molecule has 25 heavy (non-hydrogen) atoms. The van der Waals surface area contributed by atoms with Gasteiger partial charge >= 0.3 is 0 Å². The molecule has 1 atom stereocenters. The highest BCUT2D eigenvalue weighted by Gasteiger charge is 2.18. The van der Waals surface area contributed by atoms with Gasteiger partial charge in [-0.05, 0) is 56.7 Å². The quantitative estimate of drug-likeness (QED) is 0.574. The maximum absolute atomic E-state index is 13.1. The summed E-state index contributed by atoms with van der Waals surface area (Å²) in [5.74, 6) is -0.228. The molecule has 1 aromatic carbocycles. The van der Waals surface area contributed by atoms with Crippen LogP contribution in [0.25, 0.3) is 0 Å². The summed E-state index contributed by atoms with van der Waals surface area (Å²) in [6, 6.07) is 6.16. The lowest BCUT2D eigenvalue weighted by atomic mass is 10.0. The maximum atomic E-state index is 13.1. The Labute approximate surface area is 152 Å². The Morgan fingerprint density at radius 2 is 1.76 bits per heavy atom. The second-order valence-corrected chi connectivity index (χ2v) is 6.87. The Kier molecular flexibility index (Phi) is 6.53. The van der Waals surface area contributed by atoms with Crippen LogP contribution in [-0.4, -0.2) is 34.1 Å². The summed E-state index contributed by atoms with van der Waals surface area (Å²) in [4.78, 5) is 23.2. The zero-order valence-corrected chi connectivity index (χ0v) is 16.2. The zero-order valence-electron chi connectivity index (χ0n) is 15.3. The number of hydrogen-bond donors (Lipinski definition) is 0. The Morgan fingerprint density at radius 3 is 2.28 bits per heavy atom. The molecule has 2 aromatic rings. The van der Waals surface area contributed by atoms with Crippen molar-refractivity contribution in [3.05, 3.63) is 52.6 Å². The molecule has 0 N–H and O–H groups in total. The van der Waals surface area contributed by atoms with Crippen molar-refractivity contribution < 1.29 is 9.18 Å². The van der Waals surface area contributed by atoms with Gasteiger partial charge in [0.25, 0.3) is 0 Å². The first-order chi connectivity index (χ1) is 11.8. The average molecular weight is 361 g/mol. The Bertz CT molecular complexity index is 726. The largest absolute Gasteiger partial charge is 0.339 e. The minimum absolute atomic E-state index is 0.0459. The second-order valence-electron chi connectivity index (χ2n) is 6.09. The Hall–Kier alpha value is -1.95. The lowest BCUT2D eigenvalue weighted by Crippen LogP contribution is -2.30. The van der Waals surface area contributed by atoms with E-state index in [1.165, 1.54) is 23.9 Å². The van der Waals surface area contributed by atoms with Crippen LogP contribution in [0.15, 0.2) is 29.4 Å². The van der Waals surface area contributed by atoms with Gasteiger partial charge in [0.15, 0.2) is 5.16 Å². The van der Waals surface area contributed by atoms with Crippen molar-refractivity contribution in [1.82, 2.24) is 14.9 Å². The normalized spacial score (nSPS) is 12.1. The molecule has 0 aliphatic heterocycles. The van der Waals surface area contributed by atoms with Crippen molar-refractivity contribution in [2.24, 2.45) is 0 Å². The number of amides is 1. The molecular weight excluding hydrogens is 337 g/mol. The van der Waals surface area contributed by atoms with Crippen molar-refractivity contribution in [2.45, 2.75) is 44.8 Å². The molecule has 0 saturated carbocycles. The number of halogens is 1. The number of thioether (sulfide) groups is 1. The second kappa shape index (κ2) is 8.43. The number of carbonyl (C=O) groups excluding carboxylic acids is 1. The van der Waals surface area contributed by atoms with Gasteiger partial charge in [0, 0.05) is 24.9 Å². The van der Waals surface area contributed by atoms with Gasteiger partial charge in [-0.2, -0.15) is 0 Å². The summed E-state index contributed by atoms with van der Waals surface area (Å²) >= 11 is 1.51. The minimum atomic E-state index is -0.274. The highest BCUT2D eigenvalue weighted by molar-refractivity contribution is 7.98. The van der Waals surface area contributed by atoms with E-state index in [4.69, 9.17) is 0 Å². The maximum Gasteiger partial charge on any atom is 0.223 e. The van der Waals surface area contributed by atoms with Crippen LogP contribution in [0.4, 0.5) is 4.39 Å². The number of nitrogens with zero attached hydrogens (tertiary/aromatic N) is 3. The van der Waals surface area contributed by atoms with E-state index in [2.05, 4.69) is 9.97 Å². The molecule has 0 aliphatic rings. The number of carbonyl (C=O) groups is 1. The van der Waals surface area contributed by atoms with Gasteiger partial charge in [0.1, 0.15) is 5.82 Å². The zero-order chi connectivity index (χ0) is 18.6. The van der Waals surface area contributed by atoms with E-state index in [-0.39, 0.29) is 17.8 Å². The smallest absolute Gasteiger partial charge is 0.223 e. The van der Waals surface area contributed by atoms with E-state index in [9.17, 15) is 9.18 Å². The highest BCUT2D eigenvalue weighted by Crippen LogP contribution is 2.21.